The third-order valence-electron chi connectivity index (χ3n) is 5.54. The lowest BCUT2D eigenvalue weighted by molar-refractivity contribution is -0.133. The number of halogens is 1. The number of rotatable bonds is 4. The zero-order chi connectivity index (χ0) is 17.9. The highest BCUT2D eigenvalue weighted by Gasteiger charge is 2.40. The van der Waals surface area contributed by atoms with Crippen molar-refractivity contribution >= 4 is 5.91 Å². The van der Waals surface area contributed by atoms with Crippen LogP contribution in [0.4, 0.5) is 4.39 Å². The van der Waals surface area contributed by atoms with Gasteiger partial charge in [0, 0.05) is 51.0 Å². The van der Waals surface area contributed by atoms with E-state index in [1.165, 1.54) is 17.7 Å². The number of nitrogens with zero attached hydrogens (tertiary/aromatic N) is 3. The molecule has 2 aliphatic heterocycles. The molecule has 0 aliphatic carbocycles. The zero-order valence-corrected chi connectivity index (χ0v) is 14.9. The van der Waals surface area contributed by atoms with Crippen molar-refractivity contribution in [1.29, 1.82) is 0 Å². The van der Waals surface area contributed by atoms with Gasteiger partial charge in [0.15, 0.2) is 0 Å². The number of fused-ring (bicyclic) bond motifs is 1. The van der Waals surface area contributed by atoms with Gasteiger partial charge in [-0.25, -0.2) is 4.39 Å². The number of amides is 1. The van der Waals surface area contributed by atoms with Crippen LogP contribution in [0.3, 0.4) is 0 Å². The van der Waals surface area contributed by atoms with Crippen molar-refractivity contribution in [3.8, 4) is 0 Å². The molecule has 1 aromatic heterocycles. The van der Waals surface area contributed by atoms with Gasteiger partial charge < -0.3 is 4.90 Å². The summed E-state index contributed by atoms with van der Waals surface area (Å²) in [5.74, 6) is 0.447. The van der Waals surface area contributed by atoms with E-state index in [0.717, 1.165) is 38.0 Å². The first-order chi connectivity index (χ1) is 12.7. The van der Waals surface area contributed by atoms with Crippen molar-refractivity contribution in [2.45, 2.75) is 38.4 Å². The highest BCUT2D eigenvalue weighted by molar-refractivity contribution is 5.77. The largest absolute Gasteiger partial charge is 0.334 e. The lowest BCUT2D eigenvalue weighted by Gasteiger charge is -2.30. The van der Waals surface area contributed by atoms with E-state index in [9.17, 15) is 9.18 Å². The first-order valence-electron chi connectivity index (χ1n) is 9.34. The number of likely N-dealkylation sites (tertiary alicyclic amines) is 2. The van der Waals surface area contributed by atoms with Gasteiger partial charge in [-0.15, -0.1) is 0 Å². The van der Waals surface area contributed by atoms with Crippen LogP contribution < -0.4 is 0 Å². The van der Waals surface area contributed by atoms with Crippen molar-refractivity contribution in [2.24, 2.45) is 5.92 Å². The highest BCUT2D eigenvalue weighted by atomic mass is 19.1. The summed E-state index contributed by atoms with van der Waals surface area (Å²) < 4.78 is 13.6. The molecule has 3 heterocycles. The maximum Gasteiger partial charge on any atom is 0.223 e. The maximum absolute atomic E-state index is 13.6. The Balaban J connectivity index is 1.50. The standard InChI is InChI=1S/C21H24FN3O/c22-19-7-1-4-16(10-19)13-25-20-15-24(12-17-5-3-9-23-11-17)14-18(20)6-2-8-21(25)26/h1,3-5,7,9-11,18,20H,2,6,8,12-15H2/t18-,20+/m1/s1. The van der Waals surface area contributed by atoms with Crippen LogP contribution in [0.5, 0.6) is 0 Å². The molecular formula is C21H24FN3O. The highest BCUT2D eigenvalue weighted by Crippen LogP contribution is 2.32. The fourth-order valence-corrected chi connectivity index (χ4v) is 4.34. The third kappa shape index (κ3) is 3.78. The molecule has 2 aromatic rings. The van der Waals surface area contributed by atoms with Crippen molar-refractivity contribution in [2.75, 3.05) is 13.1 Å². The smallest absolute Gasteiger partial charge is 0.223 e. The lowest BCUT2D eigenvalue weighted by atomic mass is 9.98. The molecule has 0 N–H and O–H groups in total. The molecule has 5 heteroatoms. The van der Waals surface area contributed by atoms with E-state index >= 15 is 0 Å². The molecule has 0 unspecified atom stereocenters. The van der Waals surface area contributed by atoms with E-state index in [1.54, 1.807) is 12.3 Å². The summed E-state index contributed by atoms with van der Waals surface area (Å²) in [6, 6.07) is 10.9. The summed E-state index contributed by atoms with van der Waals surface area (Å²) in [7, 11) is 0. The predicted octanol–water partition coefficient (Wildman–Crippen LogP) is 3.23. The predicted molar refractivity (Wildman–Crippen MR) is 97.6 cm³/mol. The molecule has 1 aromatic carbocycles. The summed E-state index contributed by atoms with van der Waals surface area (Å²) in [4.78, 5) is 21.3. The van der Waals surface area contributed by atoms with Gasteiger partial charge in [0.1, 0.15) is 5.82 Å². The number of hydrogen-bond donors (Lipinski definition) is 0. The van der Waals surface area contributed by atoms with E-state index in [1.807, 2.05) is 23.2 Å². The van der Waals surface area contributed by atoms with Crippen LogP contribution in [0.1, 0.15) is 30.4 Å². The molecule has 2 aliphatic rings. The van der Waals surface area contributed by atoms with Crippen LogP contribution in [-0.4, -0.2) is 39.8 Å². The molecule has 0 spiro atoms. The second-order valence-electron chi connectivity index (χ2n) is 7.43. The van der Waals surface area contributed by atoms with Gasteiger partial charge in [0.05, 0.1) is 0 Å². The Morgan fingerprint density at radius 1 is 1.12 bits per heavy atom. The average Bonchev–Trinajstić information content (AvgIpc) is 2.96. The molecule has 2 saturated heterocycles. The van der Waals surface area contributed by atoms with Crippen molar-refractivity contribution in [1.82, 2.24) is 14.8 Å². The van der Waals surface area contributed by atoms with Crippen LogP contribution in [0.25, 0.3) is 0 Å². The number of pyridine rings is 1. The summed E-state index contributed by atoms with van der Waals surface area (Å²) in [5.41, 5.74) is 2.07. The number of aromatic nitrogens is 1. The number of carbonyl (C=O) groups is 1. The zero-order valence-electron chi connectivity index (χ0n) is 14.9. The molecule has 136 valence electrons. The lowest BCUT2D eigenvalue weighted by Crippen LogP contribution is -2.42. The van der Waals surface area contributed by atoms with E-state index in [2.05, 4.69) is 16.0 Å². The second-order valence-corrected chi connectivity index (χ2v) is 7.43. The molecule has 4 rings (SSSR count). The second kappa shape index (κ2) is 7.54. The van der Waals surface area contributed by atoms with E-state index in [4.69, 9.17) is 0 Å². The average molecular weight is 353 g/mol. The molecule has 26 heavy (non-hydrogen) atoms. The maximum atomic E-state index is 13.6. The topological polar surface area (TPSA) is 36.4 Å². The Bertz CT molecular complexity index is 767. The minimum Gasteiger partial charge on any atom is -0.334 e. The Hall–Kier alpha value is -2.27. The van der Waals surface area contributed by atoms with E-state index < -0.39 is 0 Å². The third-order valence-corrected chi connectivity index (χ3v) is 5.54. The first kappa shape index (κ1) is 17.2. The fraction of sp³-hybridized carbons (Fsp3) is 0.429. The van der Waals surface area contributed by atoms with Gasteiger partial charge in [0.25, 0.3) is 0 Å². The number of hydrogen-bond acceptors (Lipinski definition) is 3. The van der Waals surface area contributed by atoms with Crippen LogP contribution in [0, 0.1) is 11.7 Å². The number of benzene rings is 1. The molecule has 2 fully saturated rings. The van der Waals surface area contributed by atoms with Crippen LogP contribution >= 0.6 is 0 Å². The van der Waals surface area contributed by atoms with Crippen molar-refractivity contribution in [3.05, 3.63) is 65.7 Å². The molecule has 0 radical (unpaired) electrons. The SMILES string of the molecule is O=C1CCC[C@@H]2CN(Cc3cccnc3)C[C@@H]2N1Cc1cccc(F)c1. The van der Waals surface area contributed by atoms with Gasteiger partial charge in [-0.2, -0.15) is 0 Å². The van der Waals surface area contributed by atoms with E-state index in [0.29, 0.717) is 18.9 Å². The quantitative estimate of drug-likeness (QED) is 0.847. The molecule has 4 nitrogen and oxygen atoms in total. The Morgan fingerprint density at radius 3 is 2.81 bits per heavy atom. The van der Waals surface area contributed by atoms with E-state index in [-0.39, 0.29) is 17.8 Å². The van der Waals surface area contributed by atoms with Gasteiger partial charge in [-0.1, -0.05) is 18.2 Å². The summed E-state index contributed by atoms with van der Waals surface area (Å²) in [5, 5.41) is 0. The molecular weight excluding hydrogens is 329 g/mol. The van der Waals surface area contributed by atoms with Crippen molar-refractivity contribution in [3.63, 3.8) is 0 Å². The summed E-state index contributed by atoms with van der Waals surface area (Å²) >= 11 is 0. The van der Waals surface area contributed by atoms with Crippen molar-refractivity contribution < 1.29 is 9.18 Å². The van der Waals surface area contributed by atoms with Crippen LogP contribution in [0.2, 0.25) is 0 Å². The normalized spacial score (nSPS) is 23.7. The molecule has 0 saturated carbocycles. The Morgan fingerprint density at radius 2 is 2.00 bits per heavy atom. The van der Waals surface area contributed by atoms with Gasteiger partial charge in [-0.3, -0.25) is 14.7 Å². The molecule has 1 amide bonds. The summed E-state index contributed by atoms with van der Waals surface area (Å²) in [6.45, 7) is 3.24. The minimum absolute atomic E-state index is 0.199. The minimum atomic E-state index is -0.244. The van der Waals surface area contributed by atoms with Gasteiger partial charge in [-0.05, 0) is 48.1 Å². The monoisotopic (exact) mass is 353 g/mol. The van der Waals surface area contributed by atoms with Crippen LogP contribution in [-0.2, 0) is 17.9 Å². The molecule has 0 bridgehead atoms. The molecule has 2 atom stereocenters. The fourth-order valence-electron chi connectivity index (χ4n) is 4.34. The first-order valence-corrected chi connectivity index (χ1v) is 9.34. The number of carbonyl (C=O) groups excluding carboxylic acids is 1. The summed E-state index contributed by atoms with van der Waals surface area (Å²) in [6.07, 6.45) is 6.32. The van der Waals surface area contributed by atoms with Gasteiger partial charge >= 0.3 is 0 Å². The Labute approximate surface area is 153 Å². The van der Waals surface area contributed by atoms with Crippen LogP contribution in [0.15, 0.2) is 48.8 Å². The Kier molecular flexibility index (Phi) is 4.98. The van der Waals surface area contributed by atoms with Gasteiger partial charge in [0.2, 0.25) is 5.91 Å².